The molecule has 0 aliphatic carbocycles. The summed E-state index contributed by atoms with van der Waals surface area (Å²) in [7, 11) is 0. The first-order valence-corrected chi connectivity index (χ1v) is 4.02. The fraction of sp³-hybridized carbons (Fsp3) is 0.444. The van der Waals surface area contributed by atoms with Crippen LogP contribution in [-0.4, -0.2) is 17.3 Å². The van der Waals surface area contributed by atoms with Crippen molar-refractivity contribution in [3.63, 3.8) is 0 Å². The molecule has 2 aliphatic rings. The quantitative estimate of drug-likeness (QED) is 0.511. The maximum Gasteiger partial charge on any atom is 0.130 e. The summed E-state index contributed by atoms with van der Waals surface area (Å²) in [6.07, 6.45) is 11.8. The average molecular weight is 148 g/mol. The molecule has 2 unspecified atom stereocenters. The molecule has 58 valence electrons. The van der Waals surface area contributed by atoms with E-state index in [-0.39, 0.29) is 0 Å². The number of allylic oxidation sites excluding steroid dienone is 1. The molecule has 0 aromatic carbocycles. The van der Waals surface area contributed by atoms with Crippen LogP contribution in [-0.2, 0) is 0 Å². The number of hydrogen-bond donors (Lipinski definition) is 0. The van der Waals surface area contributed by atoms with Crippen LogP contribution in [0.15, 0.2) is 29.5 Å². The summed E-state index contributed by atoms with van der Waals surface area (Å²) in [6, 6.07) is 0. The zero-order valence-electron chi connectivity index (χ0n) is 6.64. The van der Waals surface area contributed by atoms with Gasteiger partial charge in [0.25, 0.3) is 0 Å². The normalized spacial score (nSPS) is 34.1. The van der Waals surface area contributed by atoms with Crippen LogP contribution < -0.4 is 0 Å². The monoisotopic (exact) mass is 148 g/mol. The lowest BCUT2D eigenvalue weighted by molar-refractivity contribution is 0.355. The largest absolute Gasteiger partial charge is 0.332 e. The third-order valence-electron chi connectivity index (χ3n) is 2.11. The van der Waals surface area contributed by atoms with Gasteiger partial charge in [-0.2, -0.15) is 0 Å². The lowest BCUT2D eigenvalue weighted by atomic mass is 10.1. The molecule has 0 aromatic heterocycles. The maximum absolute atomic E-state index is 4.44. The van der Waals surface area contributed by atoms with E-state index in [1.165, 1.54) is 0 Å². The van der Waals surface area contributed by atoms with Crippen LogP contribution in [0.4, 0.5) is 0 Å². The molecule has 2 heterocycles. The van der Waals surface area contributed by atoms with Gasteiger partial charge in [0.1, 0.15) is 6.17 Å². The predicted octanol–water partition coefficient (Wildman–Crippen LogP) is 1.77. The highest BCUT2D eigenvalue weighted by molar-refractivity contribution is 5.60. The van der Waals surface area contributed by atoms with Crippen LogP contribution >= 0.6 is 0 Å². The Morgan fingerprint density at radius 2 is 2.36 bits per heavy atom. The molecule has 2 heteroatoms. The molecule has 0 fully saturated rings. The Balaban J connectivity index is 2.25. The molecular formula is C9H12N2. The van der Waals surface area contributed by atoms with E-state index in [0.29, 0.717) is 12.1 Å². The van der Waals surface area contributed by atoms with Crippen LogP contribution in [0, 0.1) is 5.92 Å². The third kappa shape index (κ3) is 1.09. The van der Waals surface area contributed by atoms with Crippen molar-refractivity contribution in [1.29, 1.82) is 0 Å². The van der Waals surface area contributed by atoms with Crippen molar-refractivity contribution in [3.05, 3.63) is 24.6 Å². The standard InChI is InChI=1S/C9H12N2/c1-8-4-7-11-6-3-2-5-10-9(8)11/h3-9H,2H2,1H3. The van der Waals surface area contributed by atoms with Crippen molar-refractivity contribution < 1.29 is 0 Å². The molecule has 0 radical (unpaired) electrons. The number of rotatable bonds is 0. The van der Waals surface area contributed by atoms with Crippen LogP contribution in [0.3, 0.4) is 0 Å². The highest BCUT2D eigenvalue weighted by Crippen LogP contribution is 2.23. The topological polar surface area (TPSA) is 15.6 Å². The molecule has 0 amide bonds. The lowest BCUT2D eigenvalue weighted by Gasteiger charge is -2.19. The predicted molar refractivity (Wildman–Crippen MR) is 46.2 cm³/mol. The van der Waals surface area contributed by atoms with E-state index in [2.05, 4.69) is 41.4 Å². The molecule has 2 atom stereocenters. The second-order valence-corrected chi connectivity index (χ2v) is 3.01. The third-order valence-corrected chi connectivity index (χ3v) is 2.11. The Bertz CT molecular complexity index is 228. The van der Waals surface area contributed by atoms with E-state index in [9.17, 15) is 0 Å². The van der Waals surface area contributed by atoms with E-state index >= 15 is 0 Å². The second-order valence-electron chi connectivity index (χ2n) is 3.01. The van der Waals surface area contributed by atoms with Gasteiger partial charge in [0.15, 0.2) is 0 Å². The van der Waals surface area contributed by atoms with Crippen LogP contribution in [0.5, 0.6) is 0 Å². The minimum absolute atomic E-state index is 0.328. The minimum atomic E-state index is 0.328. The summed E-state index contributed by atoms with van der Waals surface area (Å²) < 4.78 is 0. The maximum atomic E-state index is 4.44. The molecule has 0 N–H and O–H groups in total. The van der Waals surface area contributed by atoms with E-state index in [1.54, 1.807) is 0 Å². The molecule has 2 aliphatic heterocycles. The molecule has 0 aromatic rings. The van der Waals surface area contributed by atoms with Gasteiger partial charge in [0.2, 0.25) is 0 Å². The first kappa shape index (κ1) is 6.65. The van der Waals surface area contributed by atoms with Gasteiger partial charge in [-0.3, -0.25) is 4.99 Å². The van der Waals surface area contributed by atoms with Gasteiger partial charge in [-0.25, -0.2) is 0 Å². The summed E-state index contributed by atoms with van der Waals surface area (Å²) >= 11 is 0. The van der Waals surface area contributed by atoms with Crippen molar-refractivity contribution in [3.8, 4) is 0 Å². The Hall–Kier alpha value is -1.05. The first-order valence-electron chi connectivity index (χ1n) is 4.02. The summed E-state index contributed by atoms with van der Waals surface area (Å²) in [6.45, 7) is 2.19. The Morgan fingerprint density at radius 1 is 1.45 bits per heavy atom. The van der Waals surface area contributed by atoms with Gasteiger partial charge in [-0.05, 0) is 0 Å². The van der Waals surface area contributed by atoms with Crippen LogP contribution in [0.25, 0.3) is 0 Å². The fourth-order valence-electron chi connectivity index (χ4n) is 1.46. The zero-order chi connectivity index (χ0) is 7.68. The van der Waals surface area contributed by atoms with Crippen molar-refractivity contribution in [2.45, 2.75) is 19.5 Å². The second kappa shape index (κ2) is 2.53. The van der Waals surface area contributed by atoms with Gasteiger partial charge in [-0.1, -0.05) is 19.1 Å². The Morgan fingerprint density at radius 3 is 3.27 bits per heavy atom. The van der Waals surface area contributed by atoms with Crippen LogP contribution in [0.2, 0.25) is 0 Å². The molecule has 0 saturated heterocycles. The van der Waals surface area contributed by atoms with E-state index in [4.69, 9.17) is 0 Å². The van der Waals surface area contributed by atoms with Gasteiger partial charge in [0.05, 0.1) is 0 Å². The van der Waals surface area contributed by atoms with Gasteiger partial charge < -0.3 is 4.90 Å². The number of nitrogens with zero attached hydrogens (tertiary/aromatic N) is 2. The molecule has 0 spiro atoms. The fourth-order valence-corrected chi connectivity index (χ4v) is 1.46. The number of fused-ring (bicyclic) bond motifs is 1. The van der Waals surface area contributed by atoms with Crippen molar-refractivity contribution in [1.82, 2.24) is 4.90 Å². The Labute approximate surface area is 66.9 Å². The van der Waals surface area contributed by atoms with E-state index in [1.807, 2.05) is 6.21 Å². The molecular weight excluding hydrogens is 136 g/mol. The molecule has 2 nitrogen and oxygen atoms in total. The molecule has 0 bridgehead atoms. The summed E-state index contributed by atoms with van der Waals surface area (Å²) in [5, 5.41) is 0. The number of hydrogen-bond acceptors (Lipinski definition) is 2. The Kier molecular flexibility index (Phi) is 1.53. The molecule has 2 rings (SSSR count). The molecule has 11 heavy (non-hydrogen) atoms. The highest BCUT2D eigenvalue weighted by Gasteiger charge is 2.23. The zero-order valence-corrected chi connectivity index (χ0v) is 6.64. The SMILES string of the molecule is CC1C=CN2C=CCC=NC12. The van der Waals surface area contributed by atoms with Crippen molar-refractivity contribution >= 4 is 6.21 Å². The van der Waals surface area contributed by atoms with E-state index in [0.717, 1.165) is 6.42 Å². The van der Waals surface area contributed by atoms with Crippen molar-refractivity contribution in [2.24, 2.45) is 10.9 Å². The smallest absolute Gasteiger partial charge is 0.130 e. The number of aliphatic imine (C=N–C) groups is 1. The molecule has 0 saturated carbocycles. The van der Waals surface area contributed by atoms with Crippen molar-refractivity contribution in [2.75, 3.05) is 0 Å². The summed E-state index contributed by atoms with van der Waals surface area (Å²) in [4.78, 5) is 6.60. The van der Waals surface area contributed by atoms with Crippen LogP contribution in [0.1, 0.15) is 13.3 Å². The van der Waals surface area contributed by atoms with Gasteiger partial charge in [0, 0.05) is 31.0 Å². The highest BCUT2D eigenvalue weighted by atomic mass is 15.2. The summed E-state index contributed by atoms with van der Waals surface area (Å²) in [5.74, 6) is 0.550. The lowest BCUT2D eigenvalue weighted by Crippen LogP contribution is -2.23. The van der Waals surface area contributed by atoms with Gasteiger partial charge in [-0.15, -0.1) is 0 Å². The van der Waals surface area contributed by atoms with E-state index < -0.39 is 0 Å². The summed E-state index contributed by atoms with van der Waals surface area (Å²) in [5.41, 5.74) is 0. The minimum Gasteiger partial charge on any atom is -0.332 e. The average Bonchev–Trinajstić information content (AvgIpc) is 2.25. The van der Waals surface area contributed by atoms with Gasteiger partial charge >= 0.3 is 0 Å². The first-order chi connectivity index (χ1) is 5.38.